The molecule has 1 aliphatic rings. The van der Waals surface area contributed by atoms with Gasteiger partial charge in [-0.1, -0.05) is 30.7 Å². The fraction of sp³-hybridized carbons (Fsp3) is 0.333. The Morgan fingerprint density at radius 3 is 2.50 bits per heavy atom. The highest BCUT2D eigenvalue weighted by molar-refractivity contribution is 6.30. The van der Waals surface area contributed by atoms with Gasteiger partial charge in [0.15, 0.2) is 0 Å². The van der Waals surface area contributed by atoms with E-state index in [1.807, 2.05) is 19.1 Å². The average molecular weight is 238 g/mol. The minimum atomic E-state index is -0.206. The molecular weight excluding hydrogens is 226 g/mol. The molecule has 2 atom stereocenters. The molecule has 0 aromatic heterocycles. The second kappa shape index (κ2) is 4.26. The Balaban J connectivity index is 2.28. The van der Waals surface area contributed by atoms with E-state index in [9.17, 15) is 9.59 Å². The van der Waals surface area contributed by atoms with Crippen LogP contribution in [0.2, 0.25) is 5.02 Å². The minimum absolute atomic E-state index is 0.0430. The number of hydrogen-bond acceptors (Lipinski definition) is 2. The maximum atomic E-state index is 11.5. The van der Waals surface area contributed by atoms with Gasteiger partial charge in [-0.3, -0.25) is 14.9 Å². The fourth-order valence-electron chi connectivity index (χ4n) is 1.98. The van der Waals surface area contributed by atoms with Crippen LogP contribution in [0.4, 0.5) is 0 Å². The summed E-state index contributed by atoms with van der Waals surface area (Å²) in [7, 11) is 0. The monoisotopic (exact) mass is 237 g/mol. The van der Waals surface area contributed by atoms with Crippen molar-refractivity contribution in [1.29, 1.82) is 0 Å². The van der Waals surface area contributed by atoms with Crippen molar-refractivity contribution < 1.29 is 9.59 Å². The minimum Gasteiger partial charge on any atom is -0.296 e. The number of carbonyl (C=O) groups is 2. The lowest BCUT2D eigenvalue weighted by atomic mass is 9.81. The summed E-state index contributed by atoms with van der Waals surface area (Å²) in [5.41, 5.74) is 0.986. The second-order valence-electron chi connectivity index (χ2n) is 4.06. The summed E-state index contributed by atoms with van der Waals surface area (Å²) >= 11 is 5.80. The predicted octanol–water partition coefficient (Wildman–Crippen LogP) is 2.11. The van der Waals surface area contributed by atoms with Crippen LogP contribution in [0.15, 0.2) is 24.3 Å². The molecule has 0 aliphatic carbocycles. The zero-order valence-electron chi connectivity index (χ0n) is 8.87. The van der Waals surface area contributed by atoms with Gasteiger partial charge in [0.05, 0.1) is 0 Å². The summed E-state index contributed by atoms with van der Waals surface area (Å²) in [6.07, 6.45) is 0.356. The lowest BCUT2D eigenvalue weighted by Crippen LogP contribution is -2.43. The molecule has 2 amide bonds. The Bertz CT molecular complexity index is 427. The number of piperidine rings is 1. The average Bonchev–Trinajstić information content (AvgIpc) is 2.25. The molecule has 2 rings (SSSR count). The molecule has 1 N–H and O–H groups in total. The van der Waals surface area contributed by atoms with Crippen LogP contribution in [0.25, 0.3) is 0 Å². The van der Waals surface area contributed by atoms with E-state index in [-0.39, 0.29) is 23.7 Å². The van der Waals surface area contributed by atoms with E-state index < -0.39 is 0 Å². The van der Waals surface area contributed by atoms with Crippen molar-refractivity contribution in [2.75, 3.05) is 0 Å². The Labute approximate surface area is 98.8 Å². The topological polar surface area (TPSA) is 46.2 Å². The van der Waals surface area contributed by atoms with E-state index >= 15 is 0 Å². The number of amides is 2. The molecule has 84 valence electrons. The van der Waals surface area contributed by atoms with E-state index in [2.05, 4.69) is 5.32 Å². The van der Waals surface area contributed by atoms with Crippen LogP contribution >= 0.6 is 11.6 Å². The summed E-state index contributed by atoms with van der Waals surface area (Å²) in [5.74, 6) is -0.628. The molecule has 1 aromatic carbocycles. The van der Waals surface area contributed by atoms with E-state index in [1.165, 1.54) is 0 Å². The summed E-state index contributed by atoms with van der Waals surface area (Å²) in [6, 6.07) is 7.30. The Hall–Kier alpha value is -1.35. The number of halogens is 1. The van der Waals surface area contributed by atoms with Crippen molar-refractivity contribution in [3.8, 4) is 0 Å². The lowest BCUT2D eigenvalue weighted by Gasteiger charge is -2.27. The van der Waals surface area contributed by atoms with Crippen LogP contribution < -0.4 is 5.32 Å². The van der Waals surface area contributed by atoms with Crippen LogP contribution in [0.1, 0.15) is 24.8 Å². The van der Waals surface area contributed by atoms with Gasteiger partial charge in [-0.2, -0.15) is 0 Å². The lowest BCUT2D eigenvalue weighted by molar-refractivity contribution is -0.136. The highest BCUT2D eigenvalue weighted by Gasteiger charge is 2.33. The van der Waals surface area contributed by atoms with Gasteiger partial charge in [0.25, 0.3) is 0 Å². The van der Waals surface area contributed by atoms with Crippen LogP contribution in [-0.2, 0) is 9.59 Å². The number of hydrogen-bond donors (Lipinski definition) is 1. The molecule has 1 heterocycles. The first-order valence-electron chi connectivity index (χ1n) is 5.17. The second-order valence-corrected chi connectivity index (χ2v) is 4.50. The van der Waals surface area contributed by atoms with Gasteiger partial charge in [0, 0.05) is 23.3 Å². The normalized spacial score (nSPS) is 25.4. The zero-order valence-corrected chi connectivity index (χ0v) is 9.62. The first-order chi connectivity index (χ1) is 7.58. The van der Waals surface area contributed by atoms with Crippen molar-refractivity contribution >= 4 is 23.4 Å². The maximum absolute atomic E-state index is 11.5. The number of nitrogens with one attached hydrogen (secondary N) is 1. The third-order valence-electron chi connectivity index (χ3n) is 2.98. The van der Waals surface area contributed by atoms with Gasteiger partial charge in [-0.05, 0) is 17.7 Å². The molecule has 3 nitrogen and oxygen atoms in total. The molecule has 1 fully saturated rings. The van der Waals surface area contributed by atoms with E-state index in [4.69, 9.17) is 11.6 Å². The summed E-state index contributed by atoms with van der Waals surface area (Å²) in [4.78, 5) is 22.8. The van der Waals surface area contributed by atoms with Gasteiger partial charge < -0.3 is 0 Å². The molecule has 4 heteroatoms. The molecule has 0 saturated carbocycles. The largest absolute Gasteiger partial charge is 0.296 e. The van der Waals surface area contributed by atoms with Gasteiger partial charge in [0.1, 0.15) is 0 Å². The van der Waals surface area contributed by atoms with Gasteiger partial charge in [0.2, 0.25) is 11.8 Å². The third kappa shape index (κ3) is 2.09. The standard InChI is InChI=1S/C12H12ClNO2/c1-7-10(6-11(15)14-12(7)16)8-2-4-9(13)5-3-8/h2-5,7,10H,6H2,1H3,(H,14,15,16). The Morgan fingerprint density at radius 2 is 1.88 bits per heavy atom. The first-order valence-corrected chi connectivity index (χ1v) is 5.55. The zero-order chi connectivity index (χ0) is 11.7. The van der Waals surface area contributed by atoms with Crippen LogP contribution in [0, 0.1) is 5.92 Å². The van der Waals surface area contributed by atoms with Crippen molar-refractivity contribution in [1.82, 2.24) is 5.32 Å². The number of benzene rings is 1. The highest BCUT2D eigenvalue weighted by atomic mass is 35.5. The molecule has 2 unspecified atom stereocenters. The summed E-state index contributed by atoms with van der Waals surface area (Å²) < 4.78 is 0. The Morgan fingerprint density at radius 1 is 1.25 bits per heavy atom. The maximum Gasteiger partial charge on any atom is 0.230 e. The SMILES string of the molecule is CC1C(=O)NC(=O)CC1c1ccc(Cl)cc1. The molecule has 1 aromatic rings. The van der Waals surface area contributed by atoms with Crippen molar-refractivity contribution in [3.63, 3.8) is 0 Å². The molecule has 16 heavy (non-hydrogen) atoms. The predicted molar refractivity (Wildman–Crippen MR) is 61.1 cm³/mol. The van der Waals surface area contributed by atoms with Crippen molar-refractivity contribution in [3.05, 3.63) is 34.9 Å². The Kier molecular flexibility index (Phi) is 2.97. The van der Waals surface area contributed by atoms with Gasteiger partial charge >= 0.3 is 0 Å². The van der Waals surface area contributed by atoms with Gasteiger partial charge in [-0.25, -0.2) is 0 Å². The smallest absolute Gasteiger partial charge is 0.230 e. The summed E-state index contributed by atoms with van der Waals surface area (Å²) in [6.45, 7) is 1.83. The first kappa shape index (κ1) is 11.1. The van der Waals surface area contributed by atoms with Crippen molar-refractivity contribution in [2.24, 2.45) is 5.92 Å². The highest BCUT2D eigenvalue weighted by Crippen LogP contribution is 2.31. The molecule has 1 aliphatic heterocycles. The number of imide groups is 1. The molecule has 1 saturated heterocycles. The molecule has 0 bridgehead atoms. The summed E-state index contributed by atoms with van der Waals surface area (Å²) in [5, 5.41) is 2.99. The van der Waals surface area contributed by atoms with E-state index in [0.29, 0.717) is 11.4 Å². The van der Waals surface area contributed by atoms with E-state index in [1.54, 1.807) is 12.1 Å². The number of carbonyl (C=O) groups excluding carboxylic acids is 2. The van der Waals surface area contributed by atoms with Crippen LogP contribution in [0.3, 0.4) is 0 Å². The van der Waals surface area contributed by atoms with E-state index in [0.717, 1.165) is 5.56 Å². The third-order valence-corrected chi connectivity index (χ3v) is 3.24. The van der Waals surface area contributed by atoms with Crippen LogP contribution in [0.5, 0.6) is 0 Å². The fourth-order valence-corrected chi connectivity index (χ4v) is 2.10. The van der Waals surface area contributed by atoms with Crippen molar-refractivity contribution in [2.45, 2.75) is 19.3 Å². The quantitative estimate of drug-likeness (QED) is 0.761. The molecule has 0 spiro atoms. The number of rotatable bonds is 1. The van der Waals surface area contributed by atoms with Crippen LogP contribution in [-0.4, -0.2) is 11.8 Å². The molecular formula is C12H12ClNO2. The van der Waals surface area contributed by atoms with Gasteiger partial charge in [-0.15, -0.1) is 0 Å². The molecule has 0 radical (unpaired) electrons.